The summed E-state index contributed by atoms with van der Waals surface area (Å²) in [5.74, 6) is 0.284. The third-order valence-corrected chi connectivity index (χ3v) is 5.57. The van der Waals surface area contributed by atoms with Crippen LogP contribution in [0.25, 0.3) is 0 Å². The van der Waals surface area contributed by atoms with Crippen LogP contribution in [0.4, 0.5) is 5.69 Å². The van der Waals surface area contributed by atoms with E-state index in [9.17, 15) is 13.2 Å². The summed E-state index contributed by atoms with van der Waals surface area (Å²) in [5, 5.41) is 2.79. The second-order valence-corrected chi connectivity index (χ2v) is 8.14. The smallest absolute Gasteiger partial charge is 0.243 e. The summed E-state index contributed by atoms with van der Waals surface area (Å²) in [5.41, 5.74) is 2.38. The van der Waals surface area contributed by atoms with Gasteiger partial charge in [0.1, 0.15) is 11.8 Å². The Labute approximate surface area is 161 Å². The van der Waals surface area contributed by atoms with Crippen LogP contribution in [0.2, 0.25) is 0 Å². The Morgan fingerprint density at radius 3 is 2.33 bits per heavy atom. The number of rotatable bonds is 8. The topological polar surface area (TPSA) is 75.7 Å². The molecule has 2 aromatic carbocycles. The van der Waals surface area contributed by atoms with E-state index in [2.05, 4.69) is 5.32 Å². The van der Waals surface area contributed by atoms with Crippen molar-refractivity contribution >= 4 is 21.6 Å². The van der Waals surface area contributed by atoms with Crippen molar-refractivity contribution in [3.8, 4) is 5.75 Å². The van der Waals surface area contributed by atoms with Crippen LogP contribution in [-0.2, 0) is 27.8 Å². The molecule has 2 aromatic rings. The number of ether oxygens (including phenoxy) is 1. The van der Waals surface area contributed by atoms with E-state index < -0.39 is 16.1 Å². The lowest BCUT2D eigenvalue weighted by Gasteiger charge is -2.28. The maximum Gasteiger partial charge on any atom is 0.243 e. The Kier molecular flexibility index (Phi) is 6.85. The van der Waals surface area contributed by atoms with Crippen LogP contribution in [0.3, 0.4) is 0 Å². The molecule has 2 rings (SSSR count). The number of benzene rings is 2. The first-order chi connectivity index (χ1) is 12.8. The van der Waals surface area contributed by atoms with E-state index in [1.807, 2.05) is 43.3 Å². The molecular weight excluding hydrogens is 364 g/mol. The lowest BCUT2D eigenvalue weighted by molar-refractivity contribution is -0.122. The number of hydrogen-bond donors (Lipinski definition) is 1. The second-order valence-electron chi connectivity index (χ2n) is 6.28. The van der Waals surface area contributed by atoms with Gasteiger partial charge < -0.3 is 10.1 Å². The molecule has 7 heteroatoms. The van der Waals surface area contributed by atoms with Crippen LogP contribution in [0.5, 0.6) is 5.75 Å². The number of aryl methyl sites for hydroxylation is 1. The van der Waals surface area contributed by atoms with E-state index in [1.165, 1.54) is 0 Å². The van der Waals surface area contributed by atoms with Crippen LogP contribution in [0.1, 0.15) is 25.0 Å². The van der Waals surface area contributed by atoms with Gasteiger partial charge in [-0.2, -0.15) is 0 Å². The van der Waals surface area contributed by atoms with Crippen LogP contribution in [0, 0.1) is 0 Å². The Hall–Kier alpha value is -2.54. The number of carbonyl (C=O) groups excluding carboxylic acids is 1. The number of amides is 1. The van der Waals surface area contributed by atoms with Gasteiger partial charge in [-0.1, -0.05) is 37.3 Å². The van der Waals surface area contributed by atoms with Gasteiger partial charge >= 0.3 is 0 Å². The third-order valence-electron chi connectivity index (χ3n) is 4.33. The molecule has 0 aliphatic carbocycles. The maximum absolute atomic E-state index is 12.6. The number of carbonyl (C=O) groups is 1. The van der Waals surface area contributed by atoms with E-state index in [4.69, 9.17) is 4.74 Å². The fraction of sp³-hybridized carbons (Fsp3) is 0.350. The molecule has 27 heavy (non-hydrogen) atoms. The lowest BCUT2D eigenvalue weighted by Crippen LogP contribution is -2.47. The highest BCUT2D eigenvalue weighted by molar-refractivity contribution is 7.92. The second kappa shape index (κ2) is 8.90. The maximum atomic E-state index is 12.6. The van der Waals surface area contributed by atoms with Gasteiger partial charge in [-0.3, -0.25) is 9.10 Å². The van der Waals surface area contributed by atoms with Gasteiger partial charge in [-0.25, -0.2) is 8.42 Å². The monoisotopic (exact) mass is 390 g/mol. The molecule has 0 spiro atoms. The van der Waals surface area contributed by atoms with E-state index in [0.717, 1.165) is 28.1 Å². The quantitative estimate of drug-likeness (QED) is 0.752. The van der Waals surface area contributed by atoms with Crippen molar-refractivity contribution < 1.29 is 17.9 Å². The number of methoxy groups -OCH3 is 1. The van der Waals surface area contributed by atoms with Crippen molar-refractivity contribution in [1.29, 1.82) is 0 Å². The van der Waals surface area contributed by atoms with Crippen LogP contribution in [-0.4, -0.2) is 33.7 Å². The molecule has 1 amide bonds. The van der Waals surface area contributed by atoms with E-state index in [1.54, 1.807) is 26.2 Å². The Morgan fingerprint density at radius 2 is 1.78 bits per heavy atom. The average molecular weight is 391 g/mol. The van der Waals surface area contributed by atoms with Gasteiger partial charge in [0.15, 0.2) is 0 Å². The predicted octanol–water partition coefficient (Wildman–Crippen LogP) is 2.73. The van der Waals surface area contributed by atoms with Gasteiger partial charge in [0, 0.05) is 12.1 Å². The fourth-order valence-electron chi connectivity index (χ4n) is 2.87. The lowest BCUT2D eigenvalue weighted by atomic mass is 10.1. The SMILES string of the molecule is CCc1ccc(N([C@H](C)C(=O)NCc2ccccc2OC)S(C)(=O)=O)cc1. The van der Waals surface area contributed by atoms with Gasteiger partial charge in [0.25, 0.3) is 0 Å². The minimum absolute atomic E-state index is 0.250. The number of para-hydroxylation sites is 1. The standard InChI is InChI=1S/C20H26N2O4S/c1-5-16-10-12-18(13-11-16)22(27(4,24)25)15(2)20(23)21-14-17-8-6-7-9-19(17)26-3/h6-13,15H,5,14H2,1-4H3,(H,21,23)/t15-/m1/s1. The first-order valence-corrected chi connectivity index (χ1v) is 10.6. The summed E-state index contributed by atoms with van der Waals surface area (Å²) in [4.78, 5) is 12.6. The molecule has 0 radical (unpaired) electrons. The molecule has 0 aliphatic rings. The van der Waals surface area contributed by atoms with Crippen LogP contribution < -0.4 is 14.4 Å². The molecule has 1 N–H and O–H groups in total. The molecule has 6 nitrogen and oxygen atoms in total. The van der Waals surface area contributed by atoms with Crippen molar-refractivity contribution in [2.24, 2.45) is 0 Å². The van der Waals surface area contributed by atoms with E-state index >= 15 is 0 Å². The highest BCUT2D eigenvalue weighted by Gasteiger charge is 2.29. The fourth-order valence-corrected chi connectivity index (χ4v) is 4.04. The van der Waals surface area contributed by atoms with Gasteiger partial charge in [-0.15, -0.1) is 0 Å². The van der Waals surface area contributed by atoms with Crippen LogP contribution >= 0.6 is 0 Å². The molecule has 0 unspecified atom stereocenters. The number of anilines is 1. The van der Waals surface area contributed by atoms with Crippen molar-refractivity contribution in [2.45, 2.75) is 32.9 Å². The average Bonchev–Trinajstić information content (AvgIpc) is 2.65. The summed E-state index contributed by atoms with van der Waals surface area (Å²) in [6.07, 6.45) is 1.96. The zero-order chi connectivity index (χ0) is 20.0. The molecule has 0 heterocycles. The zero-order valence-electron chi connectivity index (χ0n) is 16.1. The molecule has 0 aromatic heterocycles. The minimum atomic E-state index is -3.63. The normalized spacial score (nSPS) is 12.3. The van der Waals surface area contributed by atoms with E-state index in [0.29, 0.717) is 11.4 Å². The molecule has 0 bridgehead atoms. The summed E-state index contributed by atoms with van der Waals surface area (Å²) in [6.45, 7) is 3.85. The molecule has 1 atom stereocenters. The Balaban J connectivity index is 2.19. The number of sulfonamides is 1. The number of nitrogens with one attached hydrogen (secondary N) is 1. The van der Waals surface area contributed by atoms with E-state index in [-0.39, 0.29) is 12.5 Å². The minimum Gasteiger partial charge on any atom is -0.496 e. The predicted molar refractivity (Wildman–Crippen MR) is 107 cm³/mol. The van der Waals surface area contributed by atoms with Crippen molar-refractivity contribution in [1.82, 2.24) is 5.32 Å². The highest BCUT2D eigenvalue weighted by Crippen LogP contribution is 2.22. The number of nitrogens with zero attached hydrogens (tertiary/aromatic N) is 1. The Bertz CT molecular complexity index is 879. The molecule has 146 valence electrons. The third kappa shape index (κ3) is 5.23. The molecule has 0 saturated carbocycles. The first kappa shape index (κ1) is 20.8. The van der Waals surface area contributed by atoms with Crippen molar-refractivity contribution in [3.63, 3.8) is 0 Å². The van der Waals surface area contributed by atoms with Gasteiger partial charge in [0.05, 0.1) is 19.1 Å². The molecule has 0 saturated heterocycles. The summed E-state index contributed by atoms with van der Waals surface area (Å²) < 4.78 is 31.1. The number of hydrogen-bond acceptors (Lipinski definition) is 4. The van der Waals surface area contributed by atoms with Gasteiger partial charge in [0.2, 0.25) is 15.9 Å². The summed E-state index contributed by atoms with van der Waals surface area (Å²) >= 11 is 0. The summed E-state index contributed by atoms with van der Waals surface area (Å²) in [6, 6.07) is 13.7. The van der Waals surface area contributed by atoms with Crippen molar-refractivity contribution in [3.05, 3.63) is 59.7 Å². The molecule has 0 aliphatic heterocycles. The van der Waals surface area contributed by atoms with Crippen LogP contribution in [0.15, 0.2) is 48.5 Å². The zero-order valence-corrected chi connectivity index (χ0v) is 16.9. The highest BCUT2D eigenvalue weighted by atomic mass is 32.2. The largest absolute Gasteiger partial charge is 0.496 e. The van der Waals surface area contributed by atoms with Gasteiger partial charge in [-0.05, 0) is 37.1 Å². The Morgan fingerprint density at radius 1 is 1.15 bits per heavy atom. The summed E-state index contributed by atoms with van der Waals surface area (Å²) in [7, 11) is -2.07. The molecular formula is C20H26N2O4S. The molecule has 0 fully saturated rings. The van der Waals surface area contributed by atoms with Crippen molar-refractivity contribution in [2.75, 3.05) is 17.7 Å². The first-order valence-electron chi connectivity index (χ1n) is 8.75.